The van der Waals surface area contributed by atoms with E-state index in [1.807, 2.05) is 0 Å². The molecule has 0 radical (unpaired) electrons. The number of hydrogen-bond acceptors (Lipinski definition) is 2. The first kappa shape index (κ1) is 13.8. The fraction of sp³-hybridized carbons (Fsp3) is 0.571. The highest BCUT2D eigenvalue weighted by Crippen LogP contribution is 2.36. The molecule has 1 saturated carbocycles. The lowest BCUT2D eigenvalue weighted by Gasteiger charge is -2.43. The predicted molar refractivity (Wildman–Crippen MR) is 77.1 cm³/mol. The SMILES string of the molecule is CC1CCCCC1(CN)Nc1ccc(F)c(Br)c1. The van der Waals surface area contributed by atoms with E-state index in [1.165, 1.54) is 25.3 Å². The van der Waals surface area contributed by atoms with E-state index in [1.54, 1.807) is 12.1 Å². The Morgan fingerprint density at radius 3 is 2.89 bits per heavy atom. The van der Waals surface area contributed by atoms with Gasteiger partial charge in [0.15, 0.2) is 0 Å². The molecule has 1 aromatic carbocycles. The largest absolute Gasteiger partial charge is 0.378 e. The van der Waals surface area contributed by atoms with Gasteiger partial charge in [0.2, 0.25) is 0 Å². The molecule has 18 heavy (non-hydrogen) atoms. The van der Waals surface area contributed by atoms with Gasteiger partial charge in [-0.15, -0.1) is 0 Å². The lowest BCUT2D eigenvalue weighted by atomic mass is 9.73. The second kappa shape index (κ2) is 5.57. The third-order valence-corrected chi connectivity index (χ3v) is 4.74. The fourth-order valence-corrected chi connectivity index (χ4v) is 3.19. The Morgan fingerprint density at radius 1 is 1.50 bits per heavy atom. The lowest BCUT2D eigenvalue weighted by Crippen LogP contribution is -2.52. The Hall–Kier alpha value is -0.610. The summed E-state index contributed by atoms with van der Waals surface area (Å²) < 4.78 is 13.7. The van der Waals surface area contributed by atoms with Gasteiger partial charge in [-0.2, -0.15) is 0 Å². The monoisotopic (exact) mass is 314 g/mol. The van der Waals surface area contributed by atoms with Crippen molar-refractivity contribution in [2.75, 3.05) is 11.9 Å². The molecule has 0 spiro atoms. The van der Waals surface area contributed by atoms with E-state index in [-0.39, 0.29) is 11.4 Å². The van der Waals surface area contributed by atoms with Gasteiger partial charge in [-0.3, -0.25) is 0 Å². The smallest absolute Gasteiger partial charge is 0.137 e. The Bertz CT molecular complexity index is 424. The number of halogens is 2. The van der Waals surface area contributed by atoms with Crippen LogP contribution in [0.3, 0.4) is 0 Å². The first-order valence-electron chi connectivity index (χ1n) is 6.51. The molecular formula is C14H20BrFN2. The van der Waals surface area contributed by atoms with Crippen molar-refractivity contribution in [1.29, 1.82) is 0 Å². The molecule has 0 aliphatic heterocycles. The van der Waals surface area contributed by atoms with Gasteiger partial charge in [-0.1, -0.05) is 19.8 Å². The van der Waals surface area contributed by atoms with Crippen LogP contribution in [0.1, 0.15) is 32.6 Å². The Balaban J connectivity index is 2.21. The minimum atomic E-state index is -0.237. The summed E-state index contributed by atoms with van der Waals surface area (Å²) in [5, 5.41) is 3.54. The molecule has 0 saturated heterocycles. The minimum absolute atomic E-state index is 0.0461. The quantitative estimate of drug-likeness (QED) is 0.887. The van der Waals surface area contributed by atoms with E-state index in [2.05, 4.69) is 28.2 Å². The standard InChI is InChI=1S/C14H20BrFN2/c1-10-4-2-3-7-14(10,9-17)18-11-5-6-13(16)12(15)8-11/h5-6,8,10,18H,2-4,7,9,17H2,1H3. The molecule has 3 N–H and O–H groups in total. The minimum Gasteiger partial charge on any atom is -0.378 e. The lowest BCUT2D eigenvalue weighted by molar-refractivity contribution is 0.235. The maximum atomic E-state index is 13.2. The van der Waals surface area contributed by atoms with E-state index in [4.69, 9.17) is 5.73 Å². The molecule has 0 heterocycles. The molecule has 1 aliphatic carbocycles. The van der Waals surface area contributed by atoms with Gasteiger partial charge in [0.25, 0.3) is 0 Å². The normalized spacial score (nSPS) is 28.1. The molecule has 1 aliphatic rings. The summed E-state index contributed by atoms with van der Waals surface area (Å²) in [7, 11) is 0. The molecular weight excluding hydrogens is 295 g/mol. The summed E-state index contributed by atoms with van der Waals surface area (Å²) in [5.41, 5.74) is 6.88. The first-order valence-corrected chi connectivity index (χ1v) is 7.30. The van der Waals surface area contributed by atoms with Crippen molar-refractivity contribution in [3.05, 3.63) is 28.5 Å². The van der Waals surface area contributed by atoms with Crippen molar-refractivity contribution in [3.8, 4) is 0 Å². The molecule has 2 nitrogen and oxygen atoms in total. The molecule has 4 heteroatoms. The fourth-order valence-electron chi connectivity index (χ4n) is 2.81. The number of hydrogen-bond donors (Lipinski definition) is 2. The van der Waals surface area contributed by atoms with Crippen molar-refractivity contribution in [1.82, 2.24) is 0 Å². The van der Waals surface area contributed by atoms with Crippen molar-refractivity contribution >= 4 is 21.6 Å². The molecule has 1 aromatic rings. The molecule has 0 amide bonds. The summed E-state index contributed by atoms with van der Waals surface area (Å²) in [4.78, 5) is 0. The van der Waals surface area contributed by atoms with Crippen LogP contribution in [0.25, 0.3) is 0 Å². The van der Waals surface area contributed by atoms with Crippen LogP contribution in [-0.4, -0.2) is 12.1 Å². The Labute approximate surface area is 116 Å². The molecule has 2 rings (SSSR count). The van der Waals surface area contributed by atoms with Crippen LogP contribution in [0.4, 0.5) is 10.1 Å². The summed E-state index contributed by atoms with van der Waals surface area (Å²) >= 11 is 3.22. The van der Waals surface area contributed by atoms with Gasteiger partial charge in [0, 0.05) is 12.2 Å². The second-order valence-corrected chi connectivity index (χ2v) is 6.12. The molecule has 2 atom stereocenters. The van der Waals surface area contributed by atoms with Gasteiger partial charge in [0.05, 0.1) is 10.0 Å². The molecule has 100 valence electrons. The van der Waals surface area contributed by atoms with Crippen LogP contribution in [0, 0.1) is 11.7 Å². The van der Waals surface area contributed by atoms with E-state index in [9.17, 15) is 4.39 Å². The zero-order valence-corrected chi connectivity index (χ0v) is 12.3. The maximum absolute atomic E-state index is 13.2. The number of anilines is 1. The van der Waals surface area contributed by atoms with E-state index >= 15 is 0 Å². The summed E-state index contributed by atoms with van der Waals surface area (Å²) in [6, 6.07) is 5.04. The van der Waals surface area contributed by atoms with Gasteiger partial charge >= 0.3 is 0 Å². The third kappa shape index (κ3) is 2.69. The van der Waals surface area contributed by atoms with Crippen molar-refractivity contribution in [2.24, 2.45) is 11.7 Å². The molecule has 0 bridgehead atoms. The number of rotatable bonds is 3. The van der Waals surface area contributed by atoms with Crippen LogP contribution in [-0.2, 0) is 0 Å². The highest BCUT2D eigenvalue weighted by atomic mass is 79.9. The van der Waals surface area contributed by atoms with Crippen LogP contribution in [0.5, 0.6) is 0 Å². The zero-order valence-electron chi connectivity index (χ0n) is 10.7. The third-order valence-electron chi connectivity index (χ3n) is 4.13. The van der Waals surface area contributed by atoms with E-state index in [0.717, 1.165) is 12.1 Å². The average Bonchev–Trinajstić information content (AvgIpc) is 2.37. The second-order valence-electron chi connectivity index (χ2n) is 5.26. The first-order chi connectivity index (χ1) is 8.57. The number of nitrogens with two attached hydrogens (primary N) is 1. The van der Waals surface area contributed by atoms with Crippen LogP contribution < -0.4 is 11.1 Å². The van der Waals surface area contributed by atoms with Crippen molar-refractivity contribution in [2.45, 2.75) is 38.1 Å². The highest BCUT2D eigenvalue weighted by Gasteiger charge is 2.36. The van der Waals surface area contributed by atoms with Crippen LogP contribution >= 0.6 is 15.9 Å². The van der Waals surface area contributed by atoms with Gasteiger partial charge < -0.3 is 11.1 Å². The topological polar surface area (TPSA) is 38.0 Å². The molecule has 0 aromatic heterocycles. The Kier molecular flexibility index (Phi) is 4.28. The molecule has 1 fully saturated rings. The summed E-state index contributed by atoms with van der Waals surface area (Å²) in [5.74, 6) is 0.305. The maximum Gasteiger partial charge on any atom is 0.137 e. The van der Waals surface area contributed by atoms with Gasteiger partial charge in [-0.05, 0) is 52.9 Å². The van der Waals surface area contributed by atoms with Crippen molar-refractivity contribution in [3.63, 3.8) is 0 Å². The Morgan fingerprint density at radius 2 is 2.28 bits per heavy atom. The number of benzene rings is 1. The zero-order chi connectivity index (χ0) is 13.2. The molecule has 2 unspecified atom stereocenters. The van der Waals surface area contributed by atoms with Crippen LogP contribution in [0.2, 0.25) is 0 Å². The van der Waals surface area contributed by atoms with Gasteiger partial charge in [-0.25, -0.2) is 4.39 Å². The van der Waals surface area contributed by atoms with Crippen LogP contribution in [0.15, 0.2) is 22.7 Å². The van der Waals surface area contributed by atoms with E-state index in [0.29, 0.717) is 16.9 Å². The van der Waals surface area contributed by atoms with Gasteiger partial charge in [0.1, 0.15) is 5.82 Å². The van der Waals surface area contributed by atoms with Crippen molar-refractivity contribution < 1.29 is 4.39 Å². The number of nitrogens with one attached hydrogen (secondary N) is 1. The predicted octanol–water partition coefficient (Wildman–Crippen LogP) is 3.91. The summed E-state index contributed by atoms with van der Waals surface area (Å²) in [6.45, 7) is 2.86. The average molecular weight is 315 g/mol. The van der Waals surface area contributed by atoms with E-state index < -0.39 is 0 Å². The highest BCUT2D eigenvalue weighted by molar-refractivity contribution is 9.10. The summed E-state index contributed by atoms with van der Waals surface area (Å²) in [6.07, 6.45) is 4.76.